The maximum Gasteiger partial charge on any atom is 0.177 e. The van der Waals surface area contributed by atoms with Gasteiger partial charge in [-0.25, -0.2) is 0 Å². The lowest BCUT2D eigenvalue weighted by molar-refractivity contribution is 0.528. The number of nitrogens with one attached hydrogen (secondary N) is 1. The summed E-state index contributed by atoms with van der Waals surface area (Å²) in [7, 11) is 0. The van der Waals surface area contributed by atoms with Gasteiger partial charge in [-0.3, -0.25) is 0 Å². The standard InChI is InChI=1S/C15H30N4/c1-3-4-5-6-7-8-9-10-11-12-13-14(2)15-16-18-19-17-15/h14H,3-13H2,1-2H3,(H,16,17,18,19). The minimum atomic E-state index is 0.438. The van der Waals surface area contributed by atoms with Gasteiger partial charge in [0, 0.05) is 5.92 Å². The molecule has 0 spiro atoms. The van der Waals surface area contributed by atoms with Crippen LogP contribution in [0.2, 0.25) is 0 Å². The Hall–Kier alpha value is -0.930. The molecule has 110 valence electrons. The first-order valence-corrected chi connectivity index (χ1v) is 8.08. The average molecular weight is 266 g/mol. The minimum absolute atomic E-state index is 0.438. The Labute approximate surface area is 117 Å². The Morgan fingerprint density at radius 3 is 2.00 bits per heavy atom. The van der Waals surface area contributed by atoms with Gasteiger partial charge >= 0.3 is 0 Å². The summed E-state index contributed by atoms with van der Waals surface area (Å²) in [4.78, 5) is 0. The lowest BCUT2D eigenvalue weighted by atomic mass is 10.0. The Bertz CT molecular complexity index is 284. The molecule has 0 aromatic carbocycles. The fourth-order valence-electron chi connectivity index (χ4n) is 2.45. The van der Waals surface area contributed by atoms with Gasteiger partial charge in [0.25, 0.3) is 0 Å². The highest BCUT2D eigenvalue weighted by molar-refractivity contribution is 4.86. The van der Waals surface area contributed by atoms with Crippen LogP contribution in [0.1, 0.15) is 96.2 Å². The van der Waals surface area contributed by atoms with Crippen LogP contribution in [0.4, 0.5) is 0 Å². The molecule has 0 aliphatic heterocycles. The first-order chi connectivity index (χ1) is 9.34. The number of aromatic nitrogens is 4. The van der Waals surface area contributed by atoms with E-state index in [1.807, 2.05) is 0 Å². The lowest BCUT2D eigenvalue weighted by Crippen LogP contribution is -1.96. The molecule has 1 unspecified atom stereocenters. The molecule has 0 aliphatic rings. The first kappa shape index (κ1) is 16.1. The molecular formula is C15H30N4. The van der Waals surface area contributed by atoms with Crippen LogP contribution in [-0.4, -0.2) is 20.6 Å². The van der Waals surface area contributed by atoms with Gasteiger partial charge < -0.3 is 0 Å². The number of hydrogen-bond donors (Lipinski definition) is 1. The molecule has 1 aromatic rings. The summed E-state index contributed by atoms with van der Waals surface area (Å²) in [5.41, 5.74) is 0. The normalized spacial score (nSPS) is 12.7. The van der Waals surface area contributed by atoms with E-state index in [0.717, 1.165) is 5.82 Å². The number of tetrazole rings is 1. The van der Waals surface area contributed by atoms with Crippen LogP contribution in [0.15, 0.2) is 0 Å². The molecule has 0 bridgehead atoms. The second-order valence-corrected chi connectivity index (χ2v) is 5.64. The van der Waals surface area contributed by atoms with Gasteiger partial charge in [-0.05, 0) is 6.42 Å². The molecule has 0 amide bonds. The molecule has 1 N–H and O–H groups in total. The van der Waals surface area contributed by atoms with E-state index in [9.17, 15) is 0 Å². The van der Waals surface area contributed by atoms with Gasteiger partial charge in [0.2, 0.25) is 0 Å². The van der Waals surface area contributed by atoms with Crippen molar-refractivity contribution >= 4 is 0 Å². The monoisotopic (exact) mass is 266 g/mol. The first-order valence-electron chi connectivity index (χ1n) is 8.08. The van der Waals surface area contributed by atoms with Crippen LogP contribution in [0.3, 0.4) is 0 Å². The fraction of sp³-hybridized carbons (Fsp3) is 0.933. The smallest absolute Gasteiger partial charge is 0.177 e. The largest absolute Gasteiger partial charge is 0.177 e. The maximum absolute atomic E-state index is 4.03. The zero-order valence-electron chi connectivity index (χ0n) is 12.7. The third-order valence-corrected chi connectivity index (χ3v) is 3.79. The Balaban J connectivity index is 1.83. The van der Waals surface area contributed by atoms with E-state index in [0.29, 0.717) is 5.92 Å². The van der Waals surface area contributed by atoms with Crippen molar-refractivity contribution in [2.75, 3.05) is 0 Å². The van der Waals surface area contributed by atoms with Crippen molar-refractivity contribution in [3.8, 4) is 0 Å². The molecule has 0 fully saturated rings. The van der Waals surface area contributed by atoms with Crippen molar-refractivity contribution < 1.29 is 0 Å². The molecule has 1 aromatic heterocycles. The van der Waals surface area contributed by atoms with Crippen LogP contribution in [-0.2, 0) is 0 Å². The second kappa shape index (κ2) is 10.9. The van der Waals surface area contributed by atoms with E-state index in [4.69, 9.17) is 0 Å². The predicted molar refractivity (Wildman–Crippen MR) is 79.1 cm³/mol. The zero-order chi connectivity index (χ0) is 13.8. The van der Waals surface area contributed by atoms with E-state index < -0.39 is 0 Å². The highest BCUT2D eigenvalue weighted by Gasteiger charge is 2.09. The molecule has 4 nitrogen and oxygen atoms in total. The van der Waals surface area contributed by atoms with Gasteiger partial charge in [-0.2, -0.15) is 5.21 Å². The molecule has 4 heteroatoms. The maximum atomic E-state index is 4.03. The van der Waals surface area contributed by atoms with Crippen LogP contribution in [0.25, 0.3) is 0 Å². The number of H-pyrrole nitrogens is 1. The van der Waals surface area contributed by atoms with Gasteiger partial charge in [0.05, 0.1) is 0 Å². The molecule has 0 radical (unpaired) electrons. The van der Waals surface area contributed by atoms with Crippen LogP contribution >= 0.6 is 0 Å². The van der Waals surface area contributed by atoms with Gasteiger partial charge in [-0.1, -0.05) is 83.3 Å². The van der Waals surface area contributed by atoms with Gasteiger partial charge in [0.1, 0.15) is 0 Å². The molecule has 1 rings (SSSR count). The third kappa shape index (κ3) is 7.96. The highest BCUT2D eigenvalue weighted by Crippen LogP contribution is 2.18. The molecule has 0 saturated heterocycles. The van der Waals surface area contributed by atoms with E-state index in [1.165, 1.54) is 70.6 Å². The molecule has 0 aliphatic carbocycles. The molecule has 1 heterocycles. The van der Waals surface area contributed by atoms with Crippen molar-refractivity contribution in [1.29, 1.82) is 0 Å². The van der Waals surface area contributed by atoms with Crippen LogP contribution in [0, 0.1) is 0 Å². The van der Waals surface area contributed by atoms with Gasteiger partial charge in [0.15, 0.2) is 5.82 Å². The summed E-state index contributed by atoms with van der Waals surface area (Å²) < 4.78 is 0. The minimum Gasteiger partial charge on any atom is -0.177 e. The third-order valence-electron chi connectivity index (χ3n) is 3.79. The van der Waals surface area contributed by atoms with Crippen LogP contribution in [0.5, 0.6) is 0 Å². The SMILES string of the molecule is CCCCCCCCCCCCC(C)c1nn[nH]n1. The molecule has 0 saturated carbocycles. The summed E-state index contributed by atoms with van der Waals surface area (Å²) >= 11 is 0. The average Bonchev–Trinajstić information content (AvgIpc) is 2.95. The number of nitrogens with zero attached hydrogens (tertiary/aromatic N) is 3. The summed E-state index contributed by atoms with van der Waals surface area (Å²) in [6.45, 7) is 4.45. The Morgan fingerprint density at radius 2 is 1.47 bits per heavy atom. The van der Waals surface area contributed by atoms with E-state index in [2.05, 4.69) is 34.5 Å². The second-order valence-electron chi connectivity index (χ2n) is 5.64. The predicted octanol–water partition coefficient (Wildman–Crippen LogP) is 4.61. The van der Waals surface area contributed by atoms with E-state index >= 15 is 0 Å². The summed E-state index contributed by atoms with van der Waals surface area (Å²) in [5, 5.41) is 14.2. The van der Waals surface area contributed by atoms with E-state index in [1.54, 1.807) is 0 Å². The molecular weight excluding hydrogens is 236 g/mol. The van der Waals surface area contributed by atoms with Gasteiger partial charge in [-0.15, -0.1) is 10.2 Å². The topological polar surface area (TPSA) is 54.5 Å². The van der Waals surface area contributed by atoms with Crippen molar-refractivity contribution in [1.82, 2.24) is 20.6 Å². The summed E-state index contributed by atoms with van der Waals surface area (Å²) in [6.07, 6.45) is 15.1. The van der Waals surface area contributed by atoms with Crippen molar-refractivity contribution in [3.63, 3.8) is 0 Å². The summed E-state index contributed by atoms with van der Waals surface area (Å²) in [5.74, 6) is 1.30. The number of hydrogen-bond acceptors (Lipinski definition) is 3. The number of rotatable bonds is 12. The Morgan fingerprint density at radius 1 is 0.895 bits per heavy atom. The van der Waals surface area contributed by atoms with Crippen molar-refractivity contribution in [2.24, 2.45) is 0 Å². The highest BCUT2D eigenvalue weighted by atomic mass is 15.5. The number of unbranched alkanes of at least 4 members (excludes halogenated alkanes) is 9. The number of aromatic amines is 1. The summed E-state index contributed by atoms with van der Waals surface area (Å²) in [6, 6.07) is 0. The zero-order valence-corrected chi connectivity index (χ0v) is 12.7. The lowest BCUT2D eigenvalue weighted by Gasteiger charge is -2.06. The van der Waals surface area contributed by atoms with Crippen LogP contribution < -0.4 is 0 Å². The molecule has 1 atom stereocenters. The molecule has 19 heavy (non-hydrogen) atoms. The Kier molecular flexibility index (Phi) is 9.29. The fourth-order valence-corrected chi connectivity index (χ4v) is 2.45. The van der Waals surface area contributed by atoms with Crippen molar-refractivity contribution in [3.05, 3.63) is 5.82 Å². The van der Waals surface area contributed by atoms with E-state index in [-0.39, 0.29) is 0 Å². The van der Waals surface area contributed by atoms with Crippen molar-refractivity contribution in [2.45, 2.75) is 90.4 Å². The quantitative estimate of drug-likeness (QED) is 0.562.